The molecule has 25 heavy (non-hydrogen) atoms. The Kier molecular flexibility index (Phi) is 5.91. The summed E-state index contributed by atoms with van der Waals surface area (Å²) in [4.78, 5) is 16.5. The highest BCUT2D eigenvalue weighted by Gasteiger charge is 2.13. The van der Waals surface area contributed by atoms with Crippen molar-refractivity contribution in [3.63, 3.8) is 0 Å². The van der Waals surface area contributed by atoms with E-state index >= 15 is 0 Å². The van der Waals surface area contributed by atoms with E-state index in [4.69, 9.17) is 27.9 Å². The smallest absolute Gasteiger partial charge is 0.246 e. The lowest BCUT2D eigenvalue weighted by atomic mass is 10.1. The van der Waals surface area contributed by atoms with Crippen molar-refractivity contribution in [3.05, 3.63) is 63.1 Å². The predicted octanol–water partition coefficient (Wildman–Crippen LogP) is 5.00. The number of para-hydroxylation sites is 1. The fourth-order valence-corrected chi connectivity index (χ4v) is 3.90. The molecular weight excluding hydrogens is 379 g/mol. The molecule has 1 N–H and O–H groups in total. The normalized spacial score (nSPS) is 12.3. The molecule has 3 rings (SSSR count). The van der Waals surface area contributed by atoms with Crippen LogP contribution in [0.1, 0.15) is 23.5 Å². The minimum absolute atomic E-state index is 0.0362. The number of carbonyl (C=O) groups is 1. The summed E-state index contributed by atoms with van der Waals surface area (Å²) in [5, 5.41) is 4.80. The van der Waals surface area contributed by atoms with Crippen LogP contribution in [0.3, 0.4) is 0 Å². The third kappa shape index (κ3) is 4.70. The SMILES string of the molecule is CC(NC(=O)COCc1nc2ccccc2s1)c1ccc(Cl)cc1Cl. The number of aromatic nitrogens is 1. The molecule has 1 heterocycles. The molecule has 4 nitrogen and oxygen atoms in total. The highest BCUT2D eigenvalue weighted by atomic mass is 35.5. The van der Waals surface area contributed by atoms with Crippen LogP contribution in [0.15, 0.2) is 42.5 Å². The maximum atomic E-state index is 12.0. The van der Waals surface area contributed by atoms with E-state index < -0.39 is 0 Å². The third-order valence-corrected chi connectivity index (χ3v) is 5.18. The van der Waals surface area contributed by atoms with Gasteiger partial charge in [-0.3, -0.25) is 4.79 Å². The first-order chi connectivity index (χ1) is 12.0. The van der Waals surface area contributed by atoms with Gasteiger partial charge in [-0.1, -0.05) is 41.4 Å². The van der Waals surface area contributed by atoms with E-state index in [2.05, 4.69) is 10.3 Å². The Balaban J connectivity index is 1.50. The van der Waals surface area contributed by atoms with Gasteiger partial charge in [-0.25, -0.2) is 4.98 Å². The van der Waals surface area contributed by atoms with E-state index in [9.17, 15) is 4.79 Å². The van der Waals surface area contributed by atoms with Gasteiger partial charge in [-0.2, -0.15) is 0 Å². The zero-order chi connectivity index (χ0) is 17.8. The lowest BCUT2D eigenvalue weighted by molar-refractivity contribution is -0.126. The third-order valence-electron chi connectivity index (χ3n) is 3.60. The van der Waals surface area contributed by atoms with Crippen LogP contribution in [0.5, 0.6) is 0 Å². The van der Waals surface area contributed by atoms with E-state index in [1.54, 1.807) is 29.5 Å². The summed E-state index contributed by atoms with van der Waals surface area (Å²) in [6, 6.07) is 12.9. The molecule has 0 radical (unpaired) electrons. The molecule has 0 saturated carbocycles. The summed E-state index contributed by atoms with van der Waals surface area (Å²) < 4.78 is 6.59. The first kappa shape index (κ1) is 18.1. The molecule has 3 aromatic rings. The number of amides is 1. The lowest BCUT2D eigenvalue weighted by Gasteiger charge is -2.16. The summed E-state index contributed by atoms with van der Waals surface area (Å²) in [6.07, 6.45) is 0. The number of halogens is 2. The number of hydrogen-bond donors (Lipinski definition) is 1. The average molecular weight is 395 g/mol. The number of rotatable bonds is 6. The Morgan fingerprint density at radius 1 is 1.28 bits per heavy atom. The van der Waals surface area contributed by atoms with Gasteiger partial charge < -0.3 is 10.1 Å². The minimum Gasteiger partial charge on any atom is -0.364 e. The second-order valence-electron chi connectivity index (χ2n) is 5.52. The van der Waals surface area contributed by atoms with Gasteiger partial charge in [-0.05, 0) is 36.8 Å². The van der Waals surface area contributed by atoms with Gasteiger partial charge >= 0.3 is 0 Å². The molecule has 7 heteroatoms. The highest BCUT2D eigenvalue weighted by Crippen LogP contribution is 2.26. The van der Waals surface area contributed by atoms with Gasteiger partial charge in [0.05, 0.1) is 22.9 Å². The molecule has 0 aliphatic heterocycles. The maximum absolute atomic E-state index is 12.0. The Labute approximate surface area is 159 Å². The van der Waals surface area contributed by atoms with Crippen LogP contribution in [0.25, 0.3) is 10.2 Å². The first-order valence-electron chi connectivity index (χ1n) is 7.69. The zero-order valence-electron chi connectivity index (χ0n) is 13.5. The first-order valence-corrected chi connectivity index (χ1v) is 9.26. The molecule has 0 fully saturated rings. The molecule has 1 atom stereocenters. The van der Waals surface area contributed by atoms with Crippen molar-refractivity contribution < 1.29 is 9.53 Å². The van der Waals surface area contributed by atoms with E-state index in [0.717, 1.165) is 20.8 Å². The Morgan fingerprint density at radius 3 is 2.84 bits per heavy atom. The van der Waals surface area contributed by atoms with Crippen molar-refractivity contribution in [1.29, 1.82) is 0 Å². The van der Waals surface area contributed by atoms with Crippen molar-refractivity contribution in [1.82, 2.24) is 10.3 Å². The fourth-order valence-electron chi connectivity index (χ4n) is 2.43. The Morgan fingerprint density at radius 2 is 2.08 bits per heavy atom. The molecule has 1 aromatic heterocycles. The van der Waals surface area contributed by atoms with Crippen LogP contribution < -0.4 is 5.32 Å². The van der Waals surface area contributed by atoms with Crippen LogP contribution in [-0.4, -0.2) is 17.5 Å². The quantitative estimate of drug-likeness (QED) is 0.639. The zero-order valence-corrected chi connectivity index (χ0v) is 15.8. The van der Waals surface area contributed by atoms with Crippen LogP contribution in [0.4, 0.5) is 0 Å². The monoisotopic (exact) mass is 394 g/mol. The summed E-state index contributed by atoms with van der Waals surface area (Å²) in [6.45, 7) is 2.13. The van der Waals surface area contributed by atoms with Crippen molar-refractivity contribution >= 4 is 50.7 Å². The number of hydrogen-bond acceptors (Lipinski definition) is 4. The molecule has 0 aliphatic carbocycles. The number of fused-ring (bicyclic) bond motifs is 1. The predicted molar refractivity (Wildman–Crippen MR) is 102 cm³/mol. The molecule has 0 spiro atoms. The molecule has 0 saturated heterocycles. The summed E-state index contributed by atoms with van der Waals surface area (Å²) >= 11 is 13.6. The van der Waals surface area contributed by atoms with Crippen LogP contribution in [0, 0.1) is 0 Å². The second kappa shape index (κ2) is 8.15. The minimum atomic E-state index is -0.233. The standard InChI is InChI=1S/C18H16Cl2N2O2S/c1-11(13-7-6-12(19)8-14(13)20)21-17(23)9-24-10-18-22-15-4-2-3-5-16(15)25-18/h2-8,11H,9-10H2,1H3,(H,21,23). The van der Waals surface area contributed by atoms with Crippen molar-refractivity contribution in [2.45, 2.75) is 19.6 Å². The highest BCUT2D eigenvalue weighted by molar-refractivity contribution is 7.18. The van der Waals surface area contributed by atoms with Gasteiger partial charge in [0, 0.05) is 10.0 Å². The maximum Gasteiger partial charge on any atom is 0.246 e. The van der Waals surface area contributed by atoms with Gasteiger partial charge in [-0.15, -0.1) is 11.3 Å². The molecule has 130 valence electrons. The van der Waals surface area contributed by atoms with Crippen LogP contribution >= 0.6 is 34.5 Å². The number of ether oxygens (including phenoxy) is 1. The second-order valence-corrected chi connectivity index (χ2v) is 7.48. The number of thiazole rings is 1. The Hall–Kier alpha value is -1.66. The van der Waals surface area contributed by atoms with Gasteiger partial charge in [0.25, 0.3) is 0 Å². The molecule has 1 unspecified atom stereocenters. The van der Waals surface area contributed by atoms with Gasteiger partial charge in [0.1, 0.15) is 11.6 Å². The Bertz CT molecular complexity index is 865. The molecular formula is C18H16Cl2N2O2S. The average Bonchev–Trinajstić information content (AvgIpc) is 2.97. The van der Waals surface area contributed by atoms with E-state index in [1.165, 1.54) is 0 Å². The fraction of sp³-hybridized carbons (Fsp3) is 0.222. The van der Waals surface area contributed by atoms with E-state index in [-0.39, 0.29) is 18.6 Å². The van der Waals surface area contributed by atoms with Crippen molar-refractivity contribution in [2.24, 2.45) is 0 Å². The summed E-state index contributed by atoms with van der Waals surface area (Å²) in [5.41, 5.74) is 1.76. The van der Waals surface area contributed by atoms with Crippen LogP contribution in [-0.2, 0) is 16.1 Å². The largest absolute Gasteiger partial charge is 0.364 e. The van der Waals surface area contributed by atoms with Crippen molar-refractivity contribution in [2.75, 3.05) is 6.61 Å². The molecule has 0 aliphatic rings. The number of nitrogens with zero attached hydrogens (tertiary/aromatic N) is 1. The number of nitrogens with one attached hydrogen (secondary N) is 1. The summed E-state index contributed by atoms with van der Waals surface area (Å²) in [7, 11) is 0. The number of carbonyl (C=O) groups excluding carboxylic acids is 1. The molecule has 1 amide bonds. The van der Waals surface area contributed by atoms with Gasteiger partial charge in [0.2, 0.25) is 5.91 Å². The number of benzene rings is 2. The topological polar surface area (TPSA) is 51.2 Å². The lowest BCUT2D eigenvalue weighted by Crippen LogP contribution is -2.30. The molecule has 0 bridgehead atoms. The molecule has 2 aromatic carbocycles. The van der Waals surface area contributed by atoms with E-state index in [1.807, 2.05) is 31.2 Å². The summed E-state index contributed by atoms with van der Waals surface area (Å²) in [5.74, 6) is -0.209. The van der Waals surface area contributed by atoms with Gasteiger partial charge in [0.15, 0.2) is 0 Å². The van der Waals surface area contributed by atoms with Crippen LogP contribution in [0.2, 0.25) is 10.0 Å². The van der Waals surface area contributed by atoms with E-state index in [0.29, 0.717) is 16.7 Å². The van der Waals surface area contributed by atoms with Crippen molar-refractivity contribution in [3.8, 4) is 0 Å².